The van der Waals surface area contributed by atoms with Gasteiger partial charge >= 0.3 is 0 Å². The van der Waals surface area contributed by atoms with Gasteiger partial charge in [0.1, 0.15) is 0 Å². The van der Waals surface area contributed by atoms with E-state index in [9.17, 15) is 0 Å². The lowest BCUT2D eigenvalue weighted by Gasteiger charge is -2.22. The van der Waals surface area contributed by atoms with Crippen molar-refractivity contribution in [3.8, 4) is 111 Å². The van der Waals surface area contributed by atoms with Crippen molar-refractivity contribution in [1.82, 2.24) is 0 Å². The van der Waals surface area contributed by atoms with Crippen molar-refractivity contribution in [3.05, 3.63) is 461 Å². The van der Waals surface area contributed by atoms with E-state index >= 15 is 0 Å². The van der Waals surface area contributed by atoms with E-state index in [0.717, 1.165) is 0 Å². The molecule has 4 heterocycles. The molecule has 0 aliphatic heterocycles. The Morgan fingerprint density at radius 3 is 0.581 bits per heavy atom. The Morgan fingerprint density at radius 1 is 0.118 bits per heavy atom. The third kappa shape index (κ3) is 12.3. The lowest BCUT2D eigenvalue weighted by Crippen LogP contribution is -1.94. The second-order valence-electron chi connectivity index (χ2n) is 36.8. The highest BCUT2D eigenvalue weighted by molar-refractivity contribution is 7.61. The van der Waals surface area contributed by atoms with Gasteiger partial charge in [-0.25, -0.2) is 0 Å². The van der Waals surface area contributed by atoms with Crippen molar-refractivity contribution in [2.24, 2.45) is 26.7 Å². The first-order chi connectivity index (χ1) is 67.2. The summed E-state index contributed by atoms with van der Waals surface area (Å²) in [5, 5.41) is 43.1. The molecule has 0 nitrogen and oxygen atoms in total. The van der Waals surface area contributed by atoms with Crippen LogP contribution in [0.15, 0.2) is 461 Å². The number of aryl methyl sites for hydroxylation is 4. The molecule has 0 N–H and O–H groups in total. The van der Waals surface area contributed by atoms with Gasteiger partial charge in [-0.1, -0.05) is 437 Å². The Labute approximate surface area is 793 Å². The standard InChI is InChI=1S/2C66H44P2/c1-67-61-37-11-9-23-47(61)55-35-17-33-53(65(55)67)45-27-15-31-51-59(45)40-60-46(54-34-18-36-56-48-24-10-12-38-62(48)68(2)66(54)56)28-16-32-52(60)64(51)63-49-29-13-25-43(41-19-5-3-6-20-41)57(49)39-58-44(26-14-30-50(58)63)42-21-7-4-8-22-42;1-67-59-35-11-9-23-53(59)63-47(33-17-37-61(63)67)45-27-15-31-51-57(45)40-58-46(48-34-18-38-62-64(48)54-24-10-12-36-60(54)68(62)2)28-16-32-52(58)66(51)65-49-29-13-25-43(41-19-5-3-6-20-41)55(49)39-56-44(26-14-30-50(56)65)42-21-7-4-8-22-42/h2*3-40H,1-2H3. The van der Waals surface area contributed by atoms with Crippen LogP contribution in [0, 0.1) is 0 Å². The molecule has 28 rings (SSSR count). The normalized spacial score (nSPS) is 12.5. The maximum absolute atomic E-state index is 2.57. The fraction of sp³-hybridized carbons (Fsp3) is 0.0303. The lowest BCUT2D eigenvalue weighted by molar-refractivity contribution is 1.64. The van der Waals surface area contributed by atoms with Crippen molar-refractivity contribution in [2.45, 2.75) is 0 Å². The van der Waals surface area contributed by atoms with Gasteiger partial charge in [0.15, 0.2) is 0 Å². The molecule has 0 amide bonds. The summed E-state index contributed by atoms with van der Waals surface area (Å²) in [4.78, 5) is 0. The molecular formula is C132H88P4. The van der Waals surface area contributed by atoms with Crippen LogP contribution in [0.5, 0.6) is 0 Å². The van der Waals surface area contributed by atoms with Crippen molar-refractivity contribution in [1.29, 1.82) is 0 Å². The molecule has 0 fully saturated rings. The van der Waals surface area contributed by atoms with Crippen LogP contribution in [0.1, 0.15) is 0 Å². The van der Waals surface area contributed by atoms with Gasteiger partial charge in [0, 0.05) is 51.7 Å². The smallest absolute Gasteiger partial charge is 0.00996 e. The molecule has 0 aliphatic carbocycles. The van der Waals surface area contributed by atoms with Gasteiger partial charge in [-0.15, -0.1) is 30.1 Å². The first-order valence-corrected chi connectivity index (χ1v) is 54.4. The van der Waals surface area contributed by atoms with Gasteiger partial charge < -0.3 is 0 Å². The predicted molar refractivity (Wildman–Crippen MR) is 602 cm³/mol. The number of hydrogen-bond donors (Lipinski definition) is 0. The second-order valence-corrected chi connectivity index (χ2v) is 45.0. The topological polar surface area (TPSA) is 0 Å². The zero-order valence-electron chi connectivity index (χ0n) is 75.7. The average Bonchev–Trinajstić information content (AvgIpc) is 1.14. The largest absolute Gasteiger partial charge is 0.112 e. The molecule has 0 saturated carbocycles. The van der Waals surface area contributed by atoms with Gasteiger partial charge in [-0.05, 0) is 281 Å². The summed E-state index contributed by atoms with van der Waals surface area (Å²) in [6, 6.07) is 175. The van der Waals surface area contributed by atoms with E-state index in [0.29, 0.717) is 0 Å². The van der Waals surface area contributed by atoms with Crippen LogP contribution >= 0.6 is 30.1 Å². The summed E-state index contributed by atoms with van der Waals surface area (Å²) in [6.45, 7) is 9.79. The van der Waals surface area contributed by atoms with Crippen molar-refractivity contribution >= 4 is 200 Å². The lowest BCUT2D eigenvalue weighted by atomic mass is 9.81. The third-order valence-corrected chi connectivity index (χ3v) is 38.8. The Kier molecular flexibility index (Phi) is 19.0. The first-order valence-electron chi connectivity index (χ1n) is 47.3. The maximum Gasteiger partial charge on any atom is 0.00996 e. The van der Waals surface area contributed by atoms with E-state index in [1.165, 1.54) is 281 Å². The monoisotopic (exact) mass is 1800 g/mol. The summed E-state index contributed by atoms with van der Waals surface area (Å²) < 4.78 is 0. The highest BCUT2D eigenvalue weighted by Gasteiger charge is 2.29. The second kappa shape index (κ2) is 32.2. The molecule has 24 aromatic carbocycles. The van der Waals surface area contributed by atoms with E-state index in [4.69, 9.17) is 0 Å². The highest BCUT2D eigenvalue weighted by atomic mass is 31.1. The van der Waals surface area contributed by atoms with Gasteiger partial charge in [0.2, 0.25) is 0 Å². The number of rotatable bonds is 10. The molecule has 4 aromatic heterocycles. The average molecular weight is 1800 g/mol. The quantitative estimate of drug-likeness (QED) is 0.120. The van der Waals surface area contributed by atoms with E-state index in [2.05, 4.69) is 488 Å². The van der Waals surface area contributed by atoms with Gasteiger partial charge in [-0.2, -0.15) is 0 Å². The van der Waals surface area contributed by atoms with Crippen LogP contribution in [0.3, 0.4) is 0 Å². The minimum Gasteiger partial charge on any atom is -0.112 e. The van der Waals surface area contributed by atoms with Crippen molar-refractivity contribution in [2.75, 3.05) is 0 Å². The molecule has 4 unspecified atom stereocenters. The SMILES string of the molecule is Cp1c2ccccc2c2c(-c3cccc4c(-c5c6cccc(-c7ccccc7)c6cc6c(-c7ccccc7)cccc56)c5cccc(-c6cccc7c6c6ccccc6p7C)c5cc34)cccc21.Cp1c2ccccc2c2cccc(-c3cccc4c(-c5c6cccc(-c7ccccc7)c6cc6c(-c7ccccc7)cccc56)c5cccc(-c6cccc7c8ccccc8p(C)c67)c5cc34)c21. The fourth-order valence-electron chi connectivity index (χ4n) is 23.9. The summed E-state index contributed by atoms with van der Waals surface area (Å²) in [5.41, 5.74) is 25.4. The van der Waals surface area contributed by atoms with E-state index in [1.54, 1.807) is 0 Å². The number of benzene rings is 24. The molecule has 0 aliphatic rings. The molecule has 4 atom stereocenters. The van der Waals surface area contributed by atoms with Crippen LogP contribution in [0.25, 0.3) is 281 Å². The van der Waals surface area contributed by atoms with Gasteiger partial charge in [-0.3, -0.25) is 0 Å². The van der Waals surface area contributed by atoms with Crippen molar-refractivity contribution in [3.63, 3.8) is 0 Å². The van der Waals surface area contributed by atoms with Gasteiger partial charge in [0.25, 0.3) is 0 Å². The van der Waals surface area contributed by atoms with Crippen LogP contribution in [0.2, 0.25) is 0 Å². The fourth-order valence-corrected chi connectivity index (χ4v) is 32.4. The van der Waals surface area contributed by atoms with Crippen LogP contribution < -0.4 is 0 Å². The summed E-state index contributed by atoms with van der Waals surface area (Å²) in [5.74, 6) is 0. The molecule has 0 bridgehead atoms. The summed E-state index contributed by atoms with van der Waals surface area (Å²) in [7, 11) is -2.03. The molecule has 4 heteroatoms. The van der Waals surface area contributed by atoms with Crippen LogP contribution in [-0.2, 0) is 26.7 Å². The summed E-state index contributed by atoms with van der Waals surface area (Å²) >= 11 is 0. The van der Waals surface area contributed by atoms with E-state index in [1.807, 2.05) is 0 Å². The van der Waals surface area contributed by atoms with E-state index in [-0.39, 0.29) is 0 Å². The molecule has 28 aromatic rings. The third-order valence-electron chi connectivity index (χ3n) is 29.9. The molecule has 636 valence electrons. The number of fused-ring (bicyclic) bond motifs is 20. The maximum atomic E-state index is 2.57. The molecule has 0 radical (unpaired) electrons. The minimum absolute atomic E-state index is 0.464. The zero-order chi connectivity index (χ0) is 90.1. The minimum atomic E-state index is -0.553. The van der Waals surface area contributed by atoms with Crippen LogP contribution in [0.4, 0.5) is 0 Å². The summed E-state index contributed by atoms with van der Waals surface area (Å²) in [6.07, 6.45) is 0. The molecular weight excluding hydrogens is 1710 g/mol. The van der Waals surface area contributed by atoms with E-state index < -0.39 is 30.1 Å². The zero-order valence-corrected chi connectivity index (χ0v) is 79.2. The molecule has 0 saturated heterocycles. The Hall–Kier alpha value is -15.4. The van der Waals surface area contributed by atoms with Crippen LogP contribution in [-0.4, -0.2) is 0 Å². The van der Waals surface area contributed by atoms with Crippen molar-refractivity contribution < 1.29 is 0 Å². The first kappa shape index (κ1) is 80.2. The van der Waals surface area contributed by atoms with Gasteiger partial charge in [0.05, 0.1) is 0 Å². The Bertz CT molecular complexity index is 9340. The molecule has 136 heavy (non-hydrogen) atoms. The Balaban J connectivity index is 0.000000138. The Morgan fingerprint density at radius 2 is 0.301 bits per heavy atom. The highest BCUT2D eigenvalue weighted by Crippen LogP contribution is 2.60. The number of hydrogen-bond acceptors (Lipinski definition) is 0. The predicted octanol–water partition coefficient (Wildman–Crippen LogP) is 40.6. The molecule has 0 spiro atoms.